The SMILES string of the molecule is CCC(C)C(C(=O)NC1CCCN(S(=O)(=O)c2ccccn2)CC1=O)c1nc(C(=O)O)cc2ccccc12. The molecule has 11 heteroatoms. The Hall–Kier alpha value is -3.70. The first kappa shape index (κ1) is 27.3. The molecular weight excluding hydrogens is 508 g/mol. The normalized spacial score (nSPS) is 18.5. The minimum atomic E-state index is -3.96. The summed E-state index contributed by atoms with van der Waals surface area (Å²) in [4.78, 5) is 46.9. The molecule has 1 aromatic carbocycles. The topological polar surface area (TPSA) is 147 Å². The molecule has 38 heavy (non-hydrogen) atoms. The minimum Gasteiger partial charge on any atom is -0.477 e. The number of pyridine rings is 2. The molecule has 4 rings (SSSR count). The quantitative estimate of drug-likeness (QED) is 0.445. The number of nitrogens with one attached hydrogen (secondary N) is 1. The number of hydrogen-bond donors (Lipinski definition) is 2. The van der Waals surface area contributed by atoms with Gasteiger partial charge in [-0.2, -0.15) is 4.31 Å². The summed E-state index contributed by atoms with van der Waals surface area (Å²) < 4.78 is 27.1. The summed E-state index contributed by atoms with van der Waals surface area (Å²) in [5.41, 5.74) is 0.175. The van der Waals surface area contributed by atoms with Crippen molar-refractivity contribution in [2.24, 2.45) is 5.92 Å². The summed E-state index contributed by atoms with van der Waals surface area (Å²) in [7, 11) is -3.96. The number of fused-ring (bicyclic) bond motifs is 1. The number of carbonyl (C=O) groups excluding carboxylic acids is 2. The number of amides is 1. The Morgan fingerprint density at radius 2 is 1.92 bits per heavy atom. The van der Waals surface area contributed by atoms with Crippen LogP contribution in [-0.2, 0) is 19.6 Å². The zero-order valence-electron chi connectivity index (χ0n) is 21.2. The second kappa shape index (κ2) is 11.4. The number of carbonyl (C=O) groups is 3. The van der Waals surface area contributed by atoms with Crippen LogP contribution in [0.1, 0.15) is 55.2 Å². The Balaban J connectivity index is 1.62. The molecule has 1 saturated heterocycles. The Morgan fingerprint density at radius 1 is 1.18 bits per heavy atom. The lowest BCUT2D eigenvalue weighted by Crippen LogP contribution is -2.46. The zero-order valence-corrected chi connectivity index (χ0v) is 22.0. The van der Waals surface area contributed by atoms with Gasteiger partial charge in [0.15, 0.2) is 10.8 Å². The molecule has 0 aliphatic carbocycles. The van der Waals surface area contributed by atoms with E-state index in [1.165, 1.54) is 18.3 Å². The Kier molecular flexibility index (Phi) is 8.17. The van der Waals surface area contributed by atoms with Crippen molar-refractivity contribution in [3.8, 4) is 0 Å². The van der Waals surface area contributed by atoms with Crippen molar-refractivity contribution in [3.63, 3.8) is 0 Å². The molecule has 0 saturated carbocycles. The Labute approximate surface area is 221 Å². The number of carboxylic acids is 1. The van der Waals surface area contributed by atoms with E-state index in [0.29, 0.717) is 29.3 Å². The van der Waals surface area contributed by atoms with Crippen molar-refractivity contribution in [2.45, 2.75) is 50.1 Å². The predicted molar refractivity (Wildman–Crippen MR) is 140 cm³/mol. The Bertz CT molecular complexity index is 1460. The first-order valence-electron chi connectivity index (χ1n) is 12.5. The van der Waals surface area contributed by atoms with Crippen LogP contribution in [0.15, 0.2) is 59.8 Å². The number of Topliss-reactive ketones (excluding diaryl/α,β-unsaturated/α-hetero) is 1. The first-order valence-corrected chi connectivity index (χ1v) is 13.9. The van der Waals surface area contributed by atoms with Crippen molar-refractivity contribution in [2.75, 3.05) is 13.1 Å². The molecule has 1 aliphatic rings. The molecule has 3 aromatic rings. The highest BCUT2D eigenvalue weighted by Gasteiger charge is 2.36. The maximum Gasteiger partial charge on any atom is 0.354 e. The maximum atomic E-state index is 13.7. The summed E-state index contributed by atoms with van der Waals surface area (Å²) in [5, 5.41) is 13.6. The average Bonchev–Trinajstić information content (AvgIpc) is 3.10. The standard InChI is InChI=1S/C27H30N4O6S/c1-3-17(2)24(25-19-10-5-4-9-18(19)15-21(29-25)27(34)35)26(33)30-20-11-8-14-31(16-22(20)32)38(36,37)23-12-6-7-13-28-23/h4-7,9-10,12-13,15,17,20,24H,3,8,11,14,16H2,1-2H3,(H,30,33)(H,34,35). The van der Waals surface area contributed by atoms with Crippen molar-refractivity contribution in [1.29, 1.82) is 0 Å². The van der Waals surface area contributed by atoms with Crippen LogP contribution in [0.25, 0.3) is 10.8 Å². The van der Waals surface area contributed by atoms with Crippen LogP contribution in [-0.4, -0.2) is 64.6 Å². The van der Waals surface area contributed by atoms with Crippen LogP contribution in [0.3, 0.4) is 0 Å². The fraction of sp³-hybridized carbons (Fsp3) is 0.370. The average molecular weight is 539 g/mol. The molecule has 1 amide bonds. The van der Waals surface area contributed by atoms with Gasteiger partial charge in [-0.25, -0.2) is 23.2 Å². The fourth-order valence-corrected chi connectivity index (χ4v) is 6.08. The third-order valence-electron chi connectivity index (χ3n) is 6.96. The van der Waals surface area contributed by atoms with Gasteiger partial charge >= 0.3 is 5.97 Å². The predicted octanol–water partition coefficient (Wildman–Crippen LogP) is 3.00. The highest BCUT2D eigenvalue weighted by atomic mass is 32.2. The number of carboxylic acid groups (broad SMARTS) is 1. The van der Waals surface area contributed by atoms with Gasteiger partial charge in [0.2, 0.25) is 5.91 Å². The lowest BCUT2D eigenvalue weighted by molar-refractivity contribution is -0.129. The molecule has 1 fully saturated rings. The van der Waals surface area contributed by atoms with E-state index in [4.69, 9.17) is 0 Å². The largest absolute Gasteiger partial charge is 0.477 e. The molecule has 0 radical (unpaired) electrons. The number of aromatic nitrogens is 2. The van der Waals surface area contributed by atoms with E-state index in [1.54, 1.807) is 36.4 Å². The smallest absolute Gasteiger partial charge is 0.354 e. The van der Waals surface area contributed by atoms with E-state index in [-0.39, 0.29) is 36.1 Å². The van der Waals surface area contributed by atoms with Crippen LogP contribution in [0.4, 0.5) is 0 Å². The monoisotopic (exact) mass is 538 g/mol. The van der Waals surface area contributed by atoms with Gasteiger partial charge in [0.1, 0.15) is 5.69 Å². The highest BCUT2D eigenvalue weighted by Crippen LogP contribution is 2.32. The number of aromatic carboxylic acids is 1. The minimum absolute atomic E-state index is 0.124. The number of hydrogen-bond acceptors (Lipinski definition) is 7. The van der Waals surface area contributed by atoms with E-state index in [2.05, 4.69) is 15.3 Å². The van der Waals surface area contributed by atoms with Gasteiger partial charge in [0.05, 0.1) is 24.2 Å². The van der Waals surface area contributed by atoms with Crippen LogP contribution in [0, 0.1) is 5.92 Å². The van der Waals surface area contributed by atoms with Crippen molar-refractivity contribution < 1.29 is 27.9 Å². The van der Waals surface area contributed by atoms with Gasteiger partial charge in [-0.3, -0.25) is 9.59 Å². The van der Waals surface area contributed by atoms with Gasteiger partial charge in [-0.1, -0.05) is 50.6 Å². The molecule has 2 aromatic heterocycles. The maximum absolute atomic E-state index is 13.7. The first-order chi connectivity index (χ1) is 18.1. The Morgan fingerprint density at radius 3 is 2.61 bits per heavy atom. The van der Waals surface area contributed by atoms with E-state index in [1.807, 2.05) is 13.8 Å². The van der Waals surface area contributed by atoms with Gasteiger partial charge in [0.25, 0.3) is 10.0 Å². The summed E-state index contributed by atoms with van der Waals surface area (Å²) >= 11 is 0. The molecule has 0 spiro atoms. The van der Waals surface area contributed by atoms with Crippen LogP contribution >= 0.6 is 0 Å². The number of sulfonamides is 1. The van der Waals surface area contributed by atoms with E-state index < -0.39 is 39.6 Å². The second-order valence-corrected chi connectivity index (χ2v) is 11.3. The molecule has 2 N–H and O–H groups in total. The number of nitrogens with zero attached hydrogens (tertiary/aromatic N) is 3. The molecule has 3 heterocycles. The molecule has 1 aliphatic heterocycles. The molecule has 3 atom stereocenters. The summed E-state index contributed by atoms with van der Waals surface area (Å²) in [5.74, 6) is -3.09. The third-order valence-corrected chi connectivity index (χ3v) is 8.72. The lowest BCUT2D eigenvalue weighted by Gasteiger charge is -2.26. The highest BCUT2D eigenvalue weighted by molar-refractivity contribution is 7.89. The lowest BCUT2D eigenvalue weighted by atomic mass is 9.85. The van der Waals surface area contributed by atoms with Gasteiger partial charge in [-0.05, 0) is 42.3 Å². The van der Waals surface area contributed by atoms with Crippen molar-refractivity contribution in [3.05, 3.63) is 66.1 Å². The van der Waals surface area contributed by atoms with E-state index >= 15 is 0 Å². The van der Waals surface area contributed by atoms with E-state index in [0.717, 1.165) is 4.31 Å². The summed E-state index contributed by atoms with van der Waals surface area (Å²) in [6.45, 7) is 3.54. The van der Waals surface area contributed by atoms with Gasteiger partial charge in [0, 0.05) is 18.1 Å². The number of ketones is 1. The number of benzene rings is 1. The van der Waals surface area contributed by atoms with Crippen molar-refractivity contribution in [1.82, 2.24) is 19.6 Å². The molecule has 200 valence electrons. The fourth-order valence-electron chi connectivity index (χ4n) is 4.71. The van der Waals surface area contributed by atoms with E-state index in [9.17, 15) is 27.9 Å². The second-order valence-electron chi connectivity index (χ2n) is 9.46. The van der Waals surface area contributed by atoms with Crippen LogP contribution in [0.2, 0.25) is 0 Å². The van der Waals surface area contributed by atoms with Crippen LogP contribution < -0.4 is 5.32 Å². The molecule has 10 nitrogen and oxygen atoms in total. The zero-order chi connectivity index (χ0) is 27.4. The molecule has 0 bridgehead atoms. The van der Waals surface area contributed by atoms with Gasteiger partial charge in [-0.15, -0.1) is 0 Å². The van der Waals surface area contributed by atoms with Crippen molar-refractivity contribution >= 4 is 38.5 Å². The summed E-state index contributed by atoms with van der Waals surface area (Å²) in [6.07, 6.45) is 2.63. The van der Waals surface area contributed by atoms with Gasteiger partial charge < -0.3 is 10.4 Å². The van der Waals surface area contributed by atoms with Crippen LogP contribution in [0.5, 0.6) is 0 Å². The molecular formula is C27H30N4O6S. The molecule has 3 unspecified atom stereocenters. The number of rotatable bonds is 8. The third kappa shape index (κ3) is 5.58. The summed E-state index contributed by atoms with van der Waals surface area (Å²) in [6, 6.07) is 12.3.